The summed E-state index contributed by atoms with van der Waals surface area (Å²) >= 11 is 3.62. The van der Waals surface area contributed by atoms with Gasteiger partial charge in [-0.3, -0.25) is 0 Å². The average Bonchev–Trinajstić information content (AvgIpc) is 2.75. The Hall–Kier alpha value is -0.770. The predicted molar refractivity (Wildman–Crippen MR) is 76.3 cm³/mol. The summed E-state index contributed by atoms with van der Waals surface area (Å²) in [5.74, 6) is 1.88. The Bertz CT molecular complexity index is 406. The number of hydrogen-bond donors (Lipinski definition) is 1. The van der Waals surface area contributed by atoms with Crippen LogP contribution in [0.4, 0.5) is 11.5 Å². The first kappa shape index (κ1) is 12.7. The zero-order chi connectivity index (χ0) is 12.4. The number of nitrogen functional groups attached to an aromatic ring is 1. The van der Waals surface area contributed by atoms with Gasteiger partial charge in [0.2, 0.25) is 0 Å². The molecule has 0 saturated carbocycles. The lowest BCUT2D eigenvalue weighted by Gasteiger charge is -2.20. The Morgan fingerprint density at radius 1 is 1.59 bits per heavy atom. The average molecular weight is 298 g/mol. The normalized spacial score (nSPS) is 19.9. The summed E-state index contributed by atoms with van der Waals surface area (Å²) in [6, 6.07) is 0. The predicted octanol–water partition coefficient (Wildman–Crippen LogP) is 3.36. The molecule has 3 nitrogen and oxygen atoms in total. The number of anilines is 2. The minimum Gasteiger partial charge on any atom is -0.397 e. The number of rotatable bonds is 3. The van der Waals surface area contributed by atoms with E-state index in [0.29, 0.717) is 0 Å². The standard InChI is InChI=1S/C13H20BrN3/c1-3-4-10-5-6-17(8-10)13-12(14)9(2)11(15)7-16-13/h7,10H,3-6,8,15H2,1-2H3. The van der Waals surface area contributed by atoms with Crippen molar-refractivity contribution in [3.05, 3.63) is 16.2 Å². The van der Waals surface area contributed by atoms with Crippen LogP contribution in [0, 0.1) is 12.8 Å². The van der Waals surface area contributed by atoms with Gasteiger partial charge in [0, 0.05) is 13.1 Å². The van der Waals surface area contributed by atoms with Gasteiger partial charge in [-0.25, -0.2) is 4.98 Å². The van der Waals surface area contributed by atoms with E-state index in [1.165, 1.54) is 19.3 Å². The molecule has 0 aliphatic carbocycles. The number of nitrogens with two attached hydrogens (primary N) is 1. The number of pyridine rings is 1. The molecule has 0 radical (unpaired) electrons. The number of halogens is 1. The van der Waals surface area contributed by atoms with Crippen molar-refractivity contribution < 1.29 is 0 Å². The first-order valence-corrected chi connectivity index (χ1v) is 7.08. The Balaban J connectivity index is 2.16. The zero-order valence-corrected chi connectivity index (χ0v) is 12.1. The lowest BCUT2D eigenvalue weighted by Crippen LogP contribution is -2.21. The summed E-state index contributed by atoms with van der Waals surface area (Å²) in [5, 5.41) is 0. The van der Waals surface area contributed by atoms with E-state index in [1.807, 2.05) is 6.92 Å². The smallest absolute Gasteiger partial charge is 0.143 e. The van der Waals surface area contributed by atoms with Crippen LogP contribution in [0.2, 0.25) is 0 Å². The van der Waals surface area contributed by atoms with Crippen LogP contribution in [0.15, 0.2) is 10.7 Å². The minimum absolute atomic E-state index is 0.755. The van der Waals surface area contributed by atoms with Gasteiger partial charge in [0.25, 0.3) is 0 Å². The minimum atomic E-state index is 0.755. The molecule has 94 valence electrons. The molecular formula is C13H20BrN3. The van der Waals surface area contributed by atoms with Crippen LogP contribution in [-0.2, 0) is 0 Å². The molecule has 4 heteroatoms. The Labute approximate surface area is 112 Å². The molecule has 2 heterocycles. The fourth-order valence-corrected chi connectivity index (χ4v) is 3.05. The van der Waals surface area contributed by atoms with Crippen molar-refractivity contribution in [2.24, 2.45) is 5.92 Å². The first-order valence-electron chi connectivity index (χ1n) is 6.29. The second kappa shape index (κ2) is 5.25. The second-order valence-corrected chi connectivity index (χ2v) is 5.66. The molecule has 0 amide bonds. The van der Waals surface area contributed by atoms with Gasteiger partial charge < -0.3 is 10.6 Å². The molecule has 0 spiro atoms. The highest BCUT2D eigenvalue weighted by atomic mass is 79.9. The van der Waals surface area contributed by atoms with Gasteiger partial charge in [0.15, 0.2) is 0 Å². The Morgan fingerprint density at radius 3 is 3.06 bits per heavy atom. The largest absolute Gasteiger partial charge is 0.397 e. The summed E-state index contributed by atoms with van der Waals surface area (Å²) in [6.45, 7) is 6.52. The molecule has 1 aromatic rings. The van der Waals surface area contributed by atoms with E-state index in [2.05, 4.69) is 32.7 Å². The van der Waals surface area contributed by atoms with Crippen molar-refractivity contribution in [2.75, 3.05) is 23.7 Å². The lowest BCUT2D eigenvalue weighted by molar-refractivity contribution is 0.529. The zero-order valence-electron chi connectivity index (χ0n) is 10.5. The molecule has 1 atom stereocenters. The van der Waals surface area contributed by atoms with Crippen LogP contribution in [-0.4, -0.2) is 18.1 Å². The van der Waals surface area contributed by atoms with Crippen molar-refractivity contribution in [3.8, 4) is 0 Å². The molecule has 1 unspecified atom stereocenters. The maximum absolute atomic E-state index is 5.85. The van der Waals surface area contributed by atoms with E-state index in [9.17, 15) is 0 Å². The summed E-state index contributed by atoms with van der Waals surface area (Å²) in [7, 11) is 0. The summed E-state index contributed by atoms with van der Waals surface area (Å²) < 4.78 is 1.05. The maximum atomic E-state index is 5.85. The van der Waals surface area contributed by atoms with E-state index >= 15 is 0 Å². The number of aromatic nitrogens is 1. The van der Waals surface area contributed by atoms with Crippen molar-refractivity contribution >= 4 is 27.4 Å². The first-order chi connectivity index (χ1) is 8.13. The third-order valence-corrected chi connectivity index (χ3v) is 4.52. The number of nitrogens with zero attached hydrogens (tertiary/aromatic N) is 2. The molecule has 0 bridgehead atoms. The molecule has 1 saturated heterocycles. The summed E-state index contributed by atoms with van der Waals surface area (Å²) in [6.07, 6.45) is 5.64. The van der Waals surface area contributed by atoms with Crippen molar-refractivity contribution in [1.29, 1.82) is 0 Å². The molecular weight excluding hydrogens is 278 g/mol. The monoisotopic (exact) mass is 297 g/mol. The number of hydrogen-bond acceptors (Lipinski definition) is 3. The van der Waals surface area contributed by atoms with Gasteiger partial charge >= 0.3 is 0 Å². The molecule has 1 aliphatic rings. The maximum Gasteiger partial charge on any atom is 0.143 e. The van der Waals surface area contributed by atoms with E-state index in [4.69, 9.17) is 5.73 Å². The quantitative estimate of drug-likeness (QED) is 0.930. The molecule has 0 aromatic carbocycles. The second-order valence-electron chi connectivity index (χ2n) is 4.87. The van der Waals surface area contributed by atoms with Gasteiger partial charge in [-0.15, -0.1) is 0 Å². The van der Waals surface area contributed by atoms with Gasteiger partial charge in [0.1, 0.15) is 5.82 Å². The third kappa shape index (κ3) is 2.57. The Morgan fingerprint density at radius 2 is 2.35 bits per heavy atom. The SMILES string of the molecule is CCCC1CCN(c2ncc(N)c(C)c2Br)C1. The van der Waals surface area contributed by atoms with Crippen LogP contribution < -0.4 is 10.6 Å². The van der Waals surface area contributed by atoms with E-state index in [1.54, 1.807) is 6.20 Å². The van der Waals surface area contributed by atoms with Crippen LogP contribution in [0.3, 0.4) is 0 Å². The van der Waals surface area contributed by atoms with Crippen molar-refractivity contribution in [3.63, 3.8) is 0 Å². The van der Waals surface area contributed by atoms with E-state index in [0.717, 1.165) is 40.5 Å². The van der Waals surface area contributed by atoms with Crippen LogP contribution in [0.5, 0.6) is 0 Å². The van der Waals surface area contributed by atoms with Crippen LogP contribution in [0.25, 0.3) is 0 Å². The van der Waals surface area contributed by atoms with Gasteiger partial charge in [-0.05, 0) is 47.2 Å². The van der Waals surface area contributed by atoms with Crippen molar-refractivity contribution in [1.82, 2.24) is 4.98 Å². The van der Waals surface area contributed by atoms with Gasteiger partial charge in [-0.1, -0.05) is 13.3 Å². The molecule has 1 aromatic heterocycles. The fraction of sp³-hybridized carbons (Fsp3) is 0.615. The highest BCUT2D eigenvalue weighted by Gasteiger charge is 2.24. The molecule has 1 fully saturated rings. The van der Waals surface area contributed by atoms with E-state index in [-0.39, 0.29) is 0 Å². The van der Waals surface area contributed by atoms with Crippen molar-refractivity contribution in [2.45, 2.75) is 33.1 Å². The highest BCUT2D eigenvalue weighted by molar-refractivity contribution is 9.10. The van der Waals surface area contributed by atoms with E-state index < -0.39 is 0 Å². The molecule has 1 aliphatic heterocycles. The molecule has 2 rings (SSSR count). The highest BCUT2D eigenvalue weighted by Crippen LogP contribution is 2.34. The van der Waals surface area contributed by atoms with Crippen LogP contribution >= 0.6 is 15.9 Å². The lowest BCUT2D eigenvalue weighted by atomic mass is 10.0. The van der Waals surface area contributed by atoms with Crippen LogP contribution in [0.1, 0.15) is 31.7 Å². The summed E-state index contributed by atoms with van der Waals surface area (Å²) in [5.41, 5.74) is 7.70. The topological polar surface area (TPSA) is 42.2 Å². The molecule has 2 N–H and O–H groups in total. The molecule has 17 heavy (non-hydrogen) atoms. The van der Waals surface area contributed by atoms with Gasteiger partial charge in [0.05, 0.1) is 16.4 Å². The fourth-order valence-electron chi connectivity index (χ4n) is 2.47. The van der Waals surface area contributed by atoms with Gasteiger partial charge in [-0.2, -0.15) is 0 Å². The Kier molecular flexibility index (Phi) is 3.92. The third-order valence-electron chi connectivity index (χ3n) is 3.57. The summed E-state index contributed by atoms with van der Waals surface area (Å²) in [4.78, 5) is 6.84.